The van der Waals surface area contributed by atoms with Crippen molar-refractivity contribution in [3.63, 3.8) is 0 Å². The molecule has 2 aromatic rings. The highest BCUT2D eigenvalue weighted by molar-refractivity contribution is 5.97. The molecule has 2 heterocycles. The van der Waals surface area contributed by atoms with E-state index < -0.39 is 0 Å². The maximum atomic E-state index is 12.8. The van der Waals surface area contributed by atoms with Crippen LogP contribution in [0.2, 0.25) is 0 Å². The number of carbonyl (C=O) groups is 1. The minimum absolute atomic E-state index is 0.0959. The molecule has 0 fully saturated rings. The first kappa shape index (κ1) is 14.7. The minimum Gasteiger partial charge on any atom is -0.492 e. The average molecular weight is 301 g/mol. The zero-order valence-corrected chi connectivity index (χ0v) is 12.5. The van der Waals surface area contributed by atoms with Gasteiger partial charge in [0.05, 0.1) is 25.3 Å². The second kappa shape index (κ2) is 6.23. The van der Waals surface area contributed by atoms with E-state index in [0.717, 1.165) is 17.7 Å². The van der Waals surface area contributed by atoms with Crippen LogP contribution < -0.4 is 4.74 Å². The Hall–Kier alpha value is -2.27. The van der Waals surface area contributed by atoms with E-state index >= 15 is 0 Å². The Morgan fingerprint density at radius 1 is 1.32 bits per heavy atom. The largest absolute Gasteiger partial charge is 0.492 e. The fraction of sp³-hybridized carbons (Fsp3) is 0.353. The number of furan rings is 1. The molecule has 0 spiro atoms. The van der Waals surface area contributed by atoms with E-state index in [4.69, 9.17) is 9.15 Å². The lowest BCUT2D eigenvalue weighted by atomic mass is 10.1. The summed E-state index contributed by atoms with van der Waals surface area (Å²) in [4.78, 5) is 14.4. The van der Waals surface area contributed by atoms with Gasteiger partial charge in [0.2, 0.25) is 0 Å². The Morgan fingerprint density at radius 2 is 2.18 bits per heavy atom. The normalized spacial score (nSPS) is 12.8. The highest BCUT2D eigenvalue weighted by atomic mass is 16.5. The standard InChI is InChI=1S/C17H19NO4/c1-12-5-6-14(22-12)11-18(8-9-19)17(20)15-4-2-3-13-7-10-21-16(13)15/h2-6,19H,7-11H2,1H3. The van der Waals surface area contributed by atoms with Crippen molar-refractivity contribution in [2.24, 2.45) is 0 Å². The summed E-state index contributed by atoms with van der Waals surface area (Å²) < 4.78 is 11.1. The van der Waals surface area contributed by atoms with Crippen LogP contribution in [-0.4, -0.2) is 35.7 Å². The van der Waals surface area contributed by atoms with Gasteiger partial charge in [-0.2, -0.15) is 0 Å². The van der Waals surface area contributed by atoms with E-state index in [1.807, 2.05) is 31.2 Å². The number of ether oxygens (including phenoxy) is 1. The van der Waals surface area contributed by atoms with E-state index in [1.165, 1.54) is 0 Å². The molecule has 1 N–H and O–H groups in total. The maximum Gasteiger partial charge on any atom is 0.258 e. The van der Waals surface area contributed by atoms with Gasteiger partial charge in [0.1, 0.15) is 17.3 Å². The number of hydrogen-bond donors (Lipinski definition) is 1. The summed E-state index contributed by atoms with van der Waals surface area (Å²) in [5.41, 5.74) is 1.61. The number of aryl methyl sites for hydroxylation is 1. The second-order valence-electron chi connectivity index (χ2n) is 5.35. The van der Waals surface area contributed by atoms with Crippen molar-refractivity contribution in [3.8, 4) is 5.75 Å². The van der Waals surface area contributed by atoms with Gasteiger partial charge in [0.25, 0.3) is 5.91 Å². The zero-order valence-electron chi connectivity index (χ0n) is 12.5. The predicted octanol–water partition coefficient (Wildman–Crippen LogP) is 2.16. The first-order chi connectivity index (χ1) is 10.7. The van der Waals surface area contributed by atoms with Crippen LogP contribution in [0.25, 0.3) is 0 Å². The summed E-state index contributed by atoms with van der Waals surface area (Å²) in [5, 5.41) is 9.25. The number of amides is 1. The molecular weight excluding hydrogens is 282 g/mol. The Labute approximate surface area is 129 Å². The predicted molar refractivity (Wildman–Crippen MR) is 80.9 cm³/mol. The molecule has 0 saturated carbocycles. The van der Waals surface area contributed by atoms with E-state index in [9.17, 15) is 9.90 Å². The third kappa shape index (κ3) is 2.85. The number of hydrogen-bond acceptors (Lipinski definition) is 4. The van der Waals surface area contributed by atoms with E-state index in [-0.39, 0.29) is 19.1 Å². The molecule has 1 aliphatic rings. The lowest BCUT2D eigenvalue weighted by Gasteiger charge is -2.21. The number of aliphatic hydroxyl groups excluding tert-OH is 1. The van der Waals surface area contributed by atoms with Gasteiger partial charge in [-0.1, -0.05) is 12.1 Å². The van der Waals surface area contributed by atoms with Crippen molar-refractivity contribution < 1.29 is 19.1 Å². The summed E-state index contributed by atoms with van der Waals surface area (Å²) in [6, 6.07) is 9.32. The number of rotatable bonds is 5. The van der Waals surface area contributed by atoms with Gasteiger partial charge in [0, 0.05) is 13.0 Å². The molecule has 0 aliphatic carbocycles. The average Bonchev–Trinajstić information content (AvgIpc) is 3.14. The lowest BCUT2D eigenvalue weighted by molar-refractivity contribution is 0.0690. The van der Waals surface area contributed by atoms with Crippen molar-refractivity contribution >= 4 is 5.91 Å². The highest BCUT2D eigenvalue weighted by Crippen LogP contribution is 2.30. The Morgan fingerprint density at radius 3 is 2.91 bits per heavy atom. The van der Waals surface area contributed by atoms with Gasteiger partial charge in [-0.25, -0.2) is 0 Å². The molecule has 3 rings (SSSR count). The van der Waals surface area contributed by atoms with Crippen molar-refractivity contribution in [3.05, 3.63) is 53.0 Å². The van der Waals surface area contributed by atoms with Crippen LogP contribution in [0, 0.1) is 6.92 Å². The zero-order chi connectivity index (χ0) is 15.5. The van der Waals surface area contributed by atoms with Crippen molar-refractivity contribution in [2.45, 2.75) is 19.9 Å². The van der Waals surface area contributed by atoms with Crippen LogP contribution in [-0.2, 0) is 13.0 Å². The number of carbonyl (C=O) groups excluding carboxylic acids is 1. The molecule has 1 amide bonds. The summed E-state index contributed by atoms with van der Waals surface area (Å²) >= 11 is 0. The minimum atomic E-state index is -0.151. The molecule has 5 nitrogen and oxygen atoms in total. The molecule has 5 heteroatoms. The van der Waals surface area contributed by atoms with Crippen LogP contribution in [0.15, 0.2) is 34.7 Å². The number of nitrogens with zero attached hydrogens (tertiary/aromatic N) is 1. The lowest BCUT2D eigenvalue weighted by Crippen LogP contribution is -2.33. The quantitative estimate of drug-likeness (QED) is 0.919. The van der Waals surface area contributed by atoms with Crippen LogP contribution in [0.3, 0.4) is 0 Å². The van der Waals surface area contributed by atoms with Gasteiger partial charge in [-0.3, -0.25) is 4.79 Å². The third-order valence-corrected chi connectivity index (χ3v) is 3.74. The SMILES string of the molecule is Cc1ccc(CN(CCO)C(=O)c2cccc3c2OCC3)o1. The van der Waals surface area contributed by atoms with Crippen LogP contribution >= 0.6 is 0 Å². The van der Waals surface area contributed by atoms with E-state index in [2.05, 4.69) is 0 Å². The summed E-state index contributed by atoms with van der Waals surface area (Å²) in [6.07, 6.45) is 0.827. The molecule has 22 heavy (non-hydrogen) atoms. The Balaban J connectivity index is 1.85. The monoisotopic (exact) mass is 301 g/mol. The van der Waals surface area contributed by atoms with Gasteiger partial charge in [-0.05, 0) is 30.7 Å². The third-order valence-electron chi connectivity index (χ3n) is 3.74. The highest BCUT2D eigenvalue weighted by Gasteiger charge is 2.24. The molecule has 0 atom stereocenters. The van der Waals surface area contributed by atoms with Crippen molar-refractivity contribution in [2.75, 3.05) is 19.8 Å². The molecular formula is C17H19NO4. The summed E-state index contributed by atoms with van der Waals surface area (Å²) in [6.45, 7) is 2.96. The van der Waals surface area contributed by atoms with Crippen LogP contribution in [0.4, 0.5) is 0 Å². The number of aliphatic hydroxyl groups is 1. The second-order valence-corrected chi connectivity index (χ2v) is 5.35. The molecule has 1 aromatic heterocycles. The topological polar surface area (TPSA) is 62.9 Å². The van der Waals surface area contributed by atoms with Gasteiger partial charge >= 0.3 is 0 Å². The van der Waals surface area contributed by atoms with E-state index in [1.54, 1.807) is 11.0 Å². The molecule has 1 aromatic carbocycles. The van der Waals surface area contributed by atoms with Crippen molar-refractivity contribution in [1.82, 2.24) is 4.90 Å². The first-order valence-corrected chi connectivity index (χ1v) is 7.39. The van der Waals surface area contributed by atoms with Crippen LogP contribution in [0.5, 0.6) is 5.75 Å². The summed E-state index contributed by atoms with van der Waals surface area (Å²) in [5.74, 6) is 2.02. The molecule has 0 saturated heterocycles. The van der Waals surface area contributed by atoms with Gasteiger partial charge < -0.3 is 19.2 Å². The smallest absolute Gasteiger partial charge is 0.258 e. The first-order valence-electron chi connectivity index (χ1n) is 7.39. The van der Waals surface area contributed by atoms with Crippen molar-refractivity contribution in [1.29, 1.82) is 0 Å². The Kier molecular flexibility index (Phi) is 4.15. The number of para-hydroxylation sites is 1. The fourth-order valence-corrected chi connectivity index (χ4v) is 2.69. The molecule has 1 aliphatic heterocycles. The van der Waals surface area contributed by atoms with Gasteiger partial charge in [-0.15, -0.1) is 0 Å². The molecule has 116 valence electrons. The molecule has 0 bridgehead atoms. The van der Waals surface area contributed by atoms with E-state index in [0.29, 0.717) is 30.2 Å². The Bertz CT molecular complexity index is 677. The van der Waals surface area contributed by atoms with Crippen LogP contribution in [0.1, 0.15) is 27.4 Å². The van der Waals surface area contributed by atoms with Gasteiger partial charge in [0.15, 0.2) is 0 Å². The fourth-order valence-electron chi connectivity index (χ4n) is 2.69. The summed E-state index contributed by atoms with van der Waals surface area (Å²) in [7, 11) is 0. The molecule has 0 radical (unpaired) electrons. The maximum absolute atomic E-state index is 12.8. The number of benzene rings is 1. The molecule has 0 unspecified atom stereocenters. The number of fused-ring (bicyclic) bond motifs is 1.